The second-order valence-corrected chi connectivity index (χ2v) is 8.82. The maximum atomic E-state index is 12.6. The van der Waals surface area contributed by atoms with Gasteiger partial charge in [-0.1, -0.05) is 0 Å². The first-order chi connectivity index (χ1) is 12.9. The number of benzene rings is 1. The molecule has 1 aromatic heterocycles. The molecule has 0 bridgehead atoms. The summed E-state index contributed by atoms with van der Waals surface area (Å²) in [6.07, 6.45) is 3.78. The molecule has 2 heterocycles. The van der Waals surface area contributed by atoms with Crippen LogP contribution < -0.4 is 5.32 Å². The highest BCUT2D eigenvalue weighted by Gasteiger charge is 2.33. The number of aromatic nitrogens is 1. The van der Waals surface area contributed by atoms with Gasteiger partial charge in [0.05, 0.1) is 11.5 Å². The first kappa shape index (κ1) is 19.0. The van der Waals surface area contributed by atoms with Gasteiger partial charge in [0.2, 0.25) is 0 Å². The van der Waals surface area contributed by atoms with E-state index in [4.69, 9.17) is 0 Å². The van der Waals surface area contributed by atoms with Gasteiger partial charge in [0.15, 0.2) is 9.84 Å². The van der Waals surface area contributed by atoms with Crippen molar-refractivity contribution in [2.24, 2.45) is 0 Å². The van der Waals surface area contributed by atoms with Crippen molar-refractivity contribution in [1.82, 2.24) is 15.2 Å². The van der Waals surface area contributed by atoms with Crippen molar-refractivity contribution in [2.45, 2.75) is 19.0 Å². The minimum atomic E-state index is -3.05. The molecule has 1 aromatic carbocycles. The smallest absolute Gasteiger partial charge is 0.253 e. The molecule has 0 aliphatic carbocycles. The van der Waals surface area contributed by atoms with Crippen LogP contribution in [0.1, 0.15) is 32.7 Å². The number of nitrogens with zero attached hydrogens (tertiary/aromatic N) is 2. The van der Waals surface area contributed by atoms with E-state index in [1.54, 1.807) is 43.7 Å². The first-order valence-electron chi connectivity index (χ1n) is 8.60. The first-order valence-corrected chi connectivity index (χ1v) is 10.4. The fourth-order valence-electron chi connectivity index (χ4n) is 3.00. The topological polar surface area (TPSA) is 96.4 Å². The largest absolute Gasteiger partial charge is 0.348 e. The predicted molar refractivity (Wildman–Crippen MR) is 101 cm³/mol. The van der Waals surface area contributed by atoms with Crippen LogP contribution in [0.2, 0.25) is 0 Å². The zero-order valence-corrected chi connectivity index (χ0v) is 15.8. The molecule has 0 saturated carbocycles. The Kier molecular flexibility index (Phi) is 5.55. The highest BCUT2D eigenvalue weighted by molar-refractivity contribution is 7.91. The van der Waals surface area contributed by atoms with Gasteiger partial charge in [-0.05, 0) is 48.4 Å². The van der Waals surface area contributed by atoms with Crippen LogP contribution in [0.25, 0.3) is 0 Å². The van der Waals surface area contributed by atoms with E-state index in [0.29, 0.717) is 24.1 Å². The van der Waals surface area contributed by atoms with Crippen molar-refractivity contribution in [1.29, 1.82) is 0 Å². The van der Waals surface area contributed by atoms with Crippen LogP contribution in [0, 0.1) is 0 Å². The average Bonchev–Trinajstić information content (AvgIpc) is 3.05. The van der Waals surface area contributed by atoms with Gasteiger partial charge in [-0.25, -0.2) is 8.42 Å². The summed E-state index contributed by atoms with van der Waals surface area (Å²) in [5.74, 6) is -0.363. The summed E-state index contributed by atoms with van der Waals surface area (Å²) in [6, 6.07) is 9.70. The van der Waals surface area contributed by atoms with E-state index in [9.17, 15) is 18.0 Å². The van der Waals surface area contributed by atoms with Crippen molar-refractivity contribution >= 4 is 21.7 Å². The Hall–Kier alpha value is -2.74. The Bertz CT molecular complexity index is 927. The minimum absolute atomic E-state index is 0.00470. The molecule has 0 spiro atoms. The summed E-state index contributed by atoms with van der Waals surface area (Å²) < 4.78 is 23.2. The van der Waals surface area contributed by atoms with Crippen LogP contribution in [0.3, 0.4) is 0 Å². The van der Waals surface area contributed by atoms with Gasteiger partial charge in [0, 0.05) is 43.2 Å². The van der Waals surface area contributed by atoms with E-state index < -0.39 is 9.84 Å². The lowest BCUT2D eigenvalue weighted by Gasteiger charge is -2.23. The number of sulfone groups is 1. The summed E-state index contributed by atoms with van der Waals surface area (Å²) in [5.41, 5.74) is 1.82. The summed E-state index contributed by atoms with van der Waals surface area (Å²) in [5, 5.41) is 2.81. The minimum Gasteiger partial charge on any atom is -0.348 e. The third-order valence-electron chi connectivity index (χ3n) is 4.67. The molecule has 2 aromatic rings. The Morgan fingerprint density at radius 1 is 1.11 bits per heavy atom. The Labute approximate surface area is 158 Å². The molecule has 3 rings (SSSR count). The molecule has 1 fully saturated rings. The van der Waals surface area contributed by atoms with Crippen LogP contribution in [-0.4, -0.2) is 54.7 Å². The second kappa shape index (κ2) is 7.87. The summed E-state index contributed by atoms with van der Waals surface area (Å²) >= 11 is 0. The maximum absolute atomic E-state index is 12.6. The molecule has 1 N–H and O–H groups in total. The zero-order chi connectivity index (χ0) is 19.4. The van der Waals surface area contributed by atoms with E-state index in [1.165, 1.54) is 4.90 Å². The Balaban J connectivity index is 1.60. The molecule has 142 valence electrons. The van der Waals surface area contributed by atoms with Crippen LogP contribution in [-0.2, 0) is 16.4 Å². The summed E-state index contributed by atoms with van der Waals surface area (Å²) in [7, 11) is -1.44. The third-order valence-corrected chi connectivity index (χ3v) is 6.42. The van der Waals surface area contributed by atoms with Crippen molar-refractivity contribution in [3.63, 3.8) is 0 Å². The normalized spacial score (nSPS) is 18.0. The van der Waals surface area contributed by atoms with Crippen molar-refractivity contribution in [2.75, 3.05) is 18.6 Å². The molecule has 0 radical (unpaired) electrons. The third kappa shape index (κ3) is 4.71. The predicted octanol–water partition coefficient (Wildman–Crippen LogP) is 1.27. The Morgan fingerprint density at radius 2 is 1.74 bits per heavy atom. The molecule has 2 amide bonds. The molecule has 1 aliphatic rings. The van der Waals surface area contributed by atoms with Gasteiger partial charge < -0.3 is 10.2 Å². The fraction of sp³-hybridized carbons (Fsp3) is 0.316. The number of nitrogens with one attached hydrogen (secondary N) is 1. The number of carbonyl (C=O) groups is 2. The summed E-state index contributed by atoms with van der Waals surface area (Å²) in [6.45, 7) is 0.390. The van der Waals surface area contributed by atoms with Gasteiger partial charge in [0.1, 0.15) is 0 Å². The van der Waals surface area contributed by atoms with Crippen molar-refractivity contribution in [3.8, 4) is 0 Å². The van der Waals surface area contributed by atoms with E-state index in [-0.39, 0.29) is 29.4 Å². The molecule has 27 heavy (non-hydrogen) atoms. The van der Waals surface area contributed by atoms with Gasteiger partial charge in [-0.3, -0.25) is 14.6 Å². The highest BCUT2D eigenvalue weighted by atomic mass is 32.2. The van der Waals surface area contributed by atoms with E-state index in [1.807, 2.05) is 12.1 Å². The SMILES string of the molecule is CN(C(=O)c1ccc(C(=O)NCc2ccncc2)cc1)C1CCS(=O)(=O)C1. The fourth-order valence-corrected chi connectivity index (χ4v) is 4.77. The van der Waals surface area contributed by atoms with Gasteiger partial charge in [-0.2, -0.15) is 0 Å². The van der Waals surface area contributed by atoms with E-state index >= 15 is 0 Å². The van der Waals surface area contributed by atoms with Gasteiger partial charge in [0.25, 0.3) is 11.8 Å². The lowest BCUT2D eigenvalue weighted by molar-refractivity contribution is 0.0747. The average molecular weight is 387 g/mol. The monoisotopic (exact) mass is 387 g/mol. The number of rotatable bonds is 5. The van der Waals surface area contributed by atoms with Gasteiger partial charge in [-0.15, -0.1) is 0 Å². The lowest BCUT2D eigenvalue weighted by atomic mass is 10.1. The maximum Gasteiger partial charge on any atom is 0.253 e. The molecule has 1 aliphatic heterocycles. The van der Waals surface area contributed by atoms with Crippen LogP contribution in [0.15, 0.2) is 48.8 Å². The quantitative estimate of drug-likeness (QED) is 0.833. The van der Waals surface area contributed by atoms with Crippen molar-refractivity contribution in [3.05, 3.63) is 65.5 Å². The van der Waals surface area contributed by atoms with Crippen LogP contribution >= 0.6 is 0 Å². The molecule has 1 unspecified atom stereocenters. The van der Waals surface area contributed by atoms with E-state index in [2.05, 4.69) is 10.3 Å². The molecule has 8 heteroatoms. The summed E-state index contributed by atoms with van der Waals surface area (Å²) in [4.78, 5) is 30.2. The van der Waals surface area contributed by atoms with Crippen LogP contribution in [0.5, 0.6) is 0 Å². The molecular formula is C19H21N3O4S. The standard InChI is InChI=1S/C19H21N3O4S/c1-22(17-8-11-27(25,26)13-17)19(24)16-4-2-15(3-5-16)18(23)21-12-14-6-9-20-10-7-14/h2-7,9-10,17H,8,11-13H2,1H3,(H,21,23). The van der Waals surface area contributed by atoms with E-state index in [0.717, 1.165) is 5.56 Å². The molecule has 1 saturated heterocycles. The van der Waals surface area contributed by atoms with Crippen molar-refractivity contribution < 1.29 is 18.0 Å². The number of amides is 2. The number of pyridine rings is 1. The zero-order valence-electron chi connectivity index (χ0n) is 15.0. The molecular weight excluding hydrogens is 366 g/mol. The number of hydrogen-bond donors (Lipinski definition) is 1. The van der Waals surface area contributed by atoms with Crippen LogP contribution in [0.4, 0.5) is 0 Å². The second-order valence-electron chi connectivity index (χ2n) is 6.59. The Morgan fingerprint density at radius 3 is 2.33 bits per heavy atom. The number of carbonyl (C=O) groups excluding carboxylic acids is 2. The highest BCUT2D eigenvalue weighted by Crippen LogP contribution is 2.18. The van der Waals surface area contributed by atoms with Gasteiger partial charge >= 0.3 is 0 Å². The molecule has 7 nitrogen and oxygen atoms in total. The lowest BCUT2D eigenvalue weighted by Crippen LogP contribution is -2.37. The number of hydrogen-bond acceptors (Lipinski definition) is 5. The molecule has 1 atom stereocenters.